The molecule has 150 valence electrons. The second-order valence-corrected chi connectivity index (χ2v) is 7.22. The fourth-order valence-electron chi connectivity index (χ4n) is 2.57. The van der Waals surface area contributed by atoms with Gasteiger partial charge in [0.25, 0.3) is 0 Å². The summed E-state index contributed by atoms with van der Waals surface area (Å²) in [6.45, 7) is 7.29. The first kappa shape index (κ1) is 21.9. The van der Waals surface area contributed by atoms with Crippen LogP contribution in [0.3, 0.4) is 0 Å². The highest BCUT2D eigenvalue weighted by atomic mass is 16.5. The molecule has 1 aromatic carbocycles. The number of hydrogen-bond donors (Lipinski definition) is 1. The van der Waals surface area contributed by atoms with Gasteiger partial charge in [0.15, 0.2) is 5.75 Å². The number of aliphatic carboxylic acids is 1. The molecule has 2 aromatic rings. The van der Waals surface area contributed by atoms with E-state index in [1.807, 2.05) is 57.0 Å². The summed E-state index contributed by atoms with van der Waals surface area (Å²) in [5, 5.41) is 17.5. The second kappa shape index (κ2) is 10.3. The van der Waals surface area contributed by atoms with Gasteiger partial charge >= 0.3 is 5.97 Å². The number of hydrogen-bond acceptors (Lipinski definition) is 5. The predicted molar refractivity (Wildman–Crippen MR) is 110 cm³/mol. The van der Waals surface area contributed by atoms with Crippen molar-refractivity contribution < 1.29 is 14.6 Å². The molecule has 0 atom stereocenters. The number of aromatic nitrogens is 1. The van der Waals surface area contributed by atoms with Crippen LogP contribution >= 0.6 is 0 Å². The van der Waals surface area contributed by atoms with Crippen LogP contribution in [-0.4, -0.2) is 47.2 Å². The van der Waals surface area contributed by atoms with Gasteiger partial charge in [-0.05, 0) is 51.9 Å². The number of carboxylic acids is 1. The smallest absolute Gasteiger partial charge is 0.309 e. The van der Waals surface area contributed by atoms with E-state index in [4.69, 9.17) is 15.1 Å². The number of ether oxygens (including phenoxy) is 1. The zero-order chi connectivity index (χ0) is 21.4. The predicted octanol–water partition coefficient (Wildman–Crippen LogP) is 3.08. The lowest BCUT2D eigenvalue weighted by Crippen LogP contribution is -2.47. The van der Waals surface area contributed by atoms with Gasteiger partial charge in [-0.1, -0.05) is 23.6 Å². The molecule has 1 aliphatic heterocycles. The van der Waals surface area contributed by atoms with Crippen LogP contribution in [0.5, 0.6) is 5.75 Å². The molecule has 0 spiro atoms. The van der Waals surface area contributed by atoms with Crippen molar-refractivity contribution in [3.05, 3.63) is 58.9 Å². The zero-order valence-electron chi connectivity index (χ0n) is 17.1. The Balaban J connectivity index is 0.000000313. The number of nitrogens with zero attached hydrogens (tertiary/aromatic N) is 3. The van der Waals surface area contributed by atoms with Gasteiger partial charge in [-0.15, -0.1) is 0 Å². The number of rotatable bonds is 3. The summed E-state index contributed by atoms with van der Waals surface area (Å²) in [6.07, 6.45) is 1.56. The molecule has 0 saturated carbocycles. The lowest BCUT2D eigenvalue weighted by molar-refractivity contribution is -0.146. The minimum absolute atomic E-state index is 0.00314. The van der Waals surface area contributed by atoms with E-state index < -0.39 is 5.97 Å². The van der Waals surface area contributed by atoms with Crippen molar-refractivity contribution in [3.8, 4) is 23.7 Å². The van der Waals surface area contributed by atoms with Crippen LogP contribution in [0, 0.1) is 36.0 Å². The van der Waals surface area contributed by atoms with E-state index in [0.717, 1.165) is 18.7 Å². The molecule has 1 saturated heterocycles. The summed E-state index contributed by atoms with van der Waals surface area (Å²) in [5.74, 6) is 5.74. The lowest BCUT2D eigenvalue weighted by Gasteiger charge is -2.32. The molecule has 6 heteroatoms. The molecule has 0 bridgehead atoms. The summed E-state index contributed by atoms with van der Waals surface area (Å²) >= 11 is 0. The highest BCUT2D eigenvalue weighted by Gasteiger charge is 2.29. The number of carbonyl (C=O) groups is 1. The molecule has 2 heterocycles. The van der Waals surface area contributed by atoms with Crippen LogP contribution in [0.15, 0.2) is 36.5 Å². The third kappa shape index (κ3) is 6.95. The van der Waals surface area contributed by atoms with Gasteiger partial charge in [-0.3, -0.25) is 4.79 Å². The average Bonchev–Trinajstić information content (AvgIpc) is 2.66. The van der Waals surface area contributed by atoms with E-state index in [0.29, 0.717) is 17.0 Å². The molecule has 0 radical (unpaired) electrons. The summed E-state index contributed by atoms with van der Waals surface area (Å²) < 4.78 is 5.53. The maximum Gasteiger partial charge on any atom is 0.309 e. The van der Waals surface area contributed by atoms with Crippen molar-refractivity contribution in [2.45, 2.75) is 26.9 Å². The Labute approximate surface area is 171 Å². The molecule has 1 fully saturated rings. The Morgan fingerprint density at radius 1 is 1.28 bits per heavy atom. The third-order valence-corrected chi connectivity index (χ3v) is 4.15. The monoisotopic (exact) mass is 391 g/mol. The number of likely N-dealkylation sites (tertiary alicyclic amines) is 1. The topological polar surface area (TPSA) is 86.5 Å². The van der Waals surface area contributed by atoms with E-state index in [9.17, 15) is 4.79 Å². The molecule has 0 aliphatic carbocycles. The first-order valence-corrected chi connectivity index (χ1v) is 9.35. The van der Waals surface area contributed by atoms with Gasteiger partial charge in [0.1, 0.15) is 11.8 Å². The van der Waals surface area contributed by atoms with Crippen LogP contribution in [0.25, 0.3) is 0 Å². The molecular weight excluding hydrogens is 366 g/mol. The third-order valence-electron chi connectivity index (χ3n) is 4.15. The molecule has 6 nitrogen and oxygen atoms in total. The van der Waals surface area contributed by atoms with E-state index in [2.05, 4.69) is 22.9 Å². The fraction of sp³-hybridized carbons (Fsp3) is 0.348. The maximum absolute atomic E-state index is 10.1. The van der Waals surface area contributed by atoms with Crippen molar-refractivity contribution in [3.63, 3.8) is 0 Å². The van der Waals surface area contributed by atoms with Crippen molar-refractivity contribution in [2.75, 3.05) is 20.1 Å². The van der Waals surface area contributed by atoms with E-state index >= 15 is 0 Å². The second-order valence-electron chi connectivity index (χ2n) is 7.22. The molecule has 0 unspecified atom stereocenters. The molecule has 0 amide bonds. The number of benzene rings is 1. The minimum atomic E-state index is -0.664. The Morgan fingerprint density at radius 2 is 1.93 bits per heavy atom. The van der Waals surface area contributed by atoms with E-state index in [1.54, 1.807) is 12.3 Å². The highest BCUT2D eigenvalue weighted by Crippen LogP contribution is 2.18. The van der Waals surface area contributed by atoms with Crippen LogP contribution in [0.2, 0.25) is 0 Å². The summed E-state index contributed by atoms with van der Waals surface area (Å²) in [4.78, 5) is 16.3. The molecule has 29 heavy (non-hydrogen) atoms. The summed E-state index contributed by atoms with van der Waals surface area (Å²) in [6, 6.07) is 11.7. The SMILES string of the molecule is CN1CC(C(=O)O)C1.Cc1ccc(C#Cc2cc(C#N)c(OC(C)C)cn2)cc1. The van der Waals surface area contributed by atoms with Crippen molar-refractivity contribution in [1.29, 1.82) is 5.26 Å². The van der Waals surface area contributed by atoms with Crippen molar-refractivity contribution in [1.82, 2.24) is 9.88 Å². The molecule has 1 aromatic heterocycles. The summed E-state index contributed by atoms with van der Waals surface area (Å²) in [5.41, 5.74) is 3.12. The highest BCUT2D eigenvalue weighted by molar-refractivity contribution is 5.71. The largest absolute Gasteiger partial charge is 0.488 e. The summed E-state index contributed by atoms with van der Waals surface area (Å²) in [7, 11) is 1.92. The van der Waals surface area contributed by atoms with Crippen LogP contribution in [0.4, 0.5) is 0 Å². The number of aryl methyl sites for hydroxylation is 1. The first-order chi connectivity index (χ1) is 13.8. The zero-order valence-corrected chi connectivity index (χ0v) is 17.1. The van der Waals surface area contributed by atoms with Gasteiger partial charge in [-0.2, -0.15) is 5.26 Å². The van der Waals surface area contributed by atoms with Gasteiger partial charge in [-0.25, -0.2) is 4.98 Å². The van der Waals surface area contributed by atoms with E-state index in [-0.39, 0.29) is 12.0 Å². The Bertz CT molecular complexity index is 944. The Kier molecular flexibility index (Phi) is 7.77. The van der Waals surface area contributed by atoms with Crippen LogP contribution in [-0.2, 0) is 4.79 Å². The number of pyridine rings is 1. The van der Waals surface area contributed by atoms with Gasteiger partial charge < -0.3 is 14.7 Å². The fourth-order valence-corrected chi connectivity index (χ4v) is 2.57. The molecule has 3 rings (SSSR count). The molecule has 1 aliphatic rings. The first-order valence-electron chi connectivity index (χ1n) is 9.35. The van der Waals surface area contributed by atoms with Crippen molar-refractivity contribution >= 4 is 5.97 Å². The van der Waals surface area contributed by atoms with Crippen molar-refractivity contribution in [2.24, 2.45) is 5.92 Å². The number of carboxylic acid groups (broad SMARTS) is 1. The molecule has 1 N–H and O–H groups in total. The Morgan fingerprint density at radius 3 is 2.41 bits per heavy atom. The molecular formula is C23H25N3O3. The minimum Gasteiger partial charge on any atom is -0.488 e. The Hall–Kier alpha value is -3.35. The quantitative estimate of drug-likeness (QED) is 0.809. The maximum atomic E-state index is 10.1. The standard InChI is InChI=1S/C18H16N2O.C5H9NO2/c1-13(2)21-18-12-20-17(10-16(18)11-19)9-8-15-6-4-14(3)5-7-15;1-6-2-4(3-6)5(7)8/h4-7,10,12-13H,1-3H3;4H,2-3H2,1H3,(H,7,8). The van der Waals surface area contributed by atoms with Crippen LogP contribution in [0.1, 0.15) is 36.2 Å². The normalized spacial score (nSPS) is 13.2. The van der Waals surface area contributed by atoms with Gasteiger partial charge in [0, 0.05) is 18.7 Å². The number of nitriles is 1. The van der Waals surface area contributed by atoms with Gasteiger partial charge in [0.2, 0.25) is 0 Å². The van der Waals surface area contributed by atoms with Gasteiger partial charge in [0.05, 0.1) is 23.8 Å². The average molecular weight is 391 g/mol. The van der Waals surface area contributed by atoms with E-state index in [1.165, 1.54) is 5.56 Å². The van der Waals surface area contributed by atoms with Crippen LogP contribution < -0.4 is 4.74 Å². The lowest BCUT2D eigenvalue weighted by atomic mass is 10.0.